The summed E-state index contributed by atoms with van der Waals surface area (Å²) in [6.45, 7) is 3.70. The molecule has 70 heavy (non-hydrogen) atoms. The lowest BCUT2D eigenvalue weighted by atomic mass is 10.1. The van der Waals surface area contributed by atoms with Crippen LogP contribution in [-0.2, 0) is 44.8 Å². The van der Waals surface area contributed by atoms with Crippen LogP contribution in [-0.4, -0.2) is 164 Å². The van der Waals surface area contributed by atoms with E-state index in [0.717, 1.165) is 37.8 Å². The highest BCUT2D eigenvalue weighted by molar-refractivity contribution is 5.79. The van der Waals surface area contributed by atoms with Gasteiger partial charge in [-0.1, -0.05) is 18.6 Å². The van der Waals surface area contributed by atoms with Crippen molar-refractivity contribution < 1.29 is 78.8 Å². The topological polar surface area (TPSA) is 610 Å². The number of guanidine groups is 2. The number of carboxylic acid groups (broad SMARTS) is 7. The highest BCUT2D eigenvalue weighted by Crippen LogP contribution is 2.16. The van der Waals surface area contributed by atoms with Gasteiger partial charge in [0.15, 0.2) is 11.9 Å². The highest BCUT2D eigenvalue weighted by Gasteiger charge is 2.24. The number of esters is 1. The van der Waals surface area contributed by atoms with Gasteiger partial charge in [-0.25, -0.2) is 4.79 Å². The molecule has 1 fully saturated rings. The van der Waals surface area contributed by atoms with Gasteiger partial charge >= 0.3 is 47.8 Å². The number of carboxylic acids is 7. The van der Waals surface area contributed by atoms with E-state index in [0.29, 0.717) is 57.5 Å². The lowest BCUT2D eigenvalue weighted by Gasteiger charge is -2.11. The third-order valence-corrected chi connectivity index (χ3v) is 8.49. The Labute approximate surface area is 404 Å². The van der Waals surface area contributed by atoms with Crippen LogP contribution in [0.1, 0.15) is 83.1 Å². The molecule has 1 aliphatic heterocycles. The Morgan fingerprint density at radius 3 is 1.30 bits per heavy atom. The molecule has 1 saturated heterocycles. The number of hydrogen-bond acceptors (Lipinski definition) is 19. The van der Waals surface area contributed by atoms with Crippen LogP contribution < -0.4 is 73.1 Å². The second-order valence-corrected chi connectivity index (χ2v) is 14.9. The summed E-state index contributed by atoms with van der Waals surface area (Å²) < 4.78 is 5.26. The number of rotatable bonds is 25. The zero-order valence-corrected chi connectivity index (χ0v) is 39.2. The van der Waals surface area contributed by atoms with Gasteiger partial charge in [0.2, 0.25) is 0 Å². The van der Waals surface area contributed by atoms with Crippen molar-refractivity contribution in [3.63, 3.8) is 0 Å². The average Bonchev–Trinajstić information content (AvgIpc) is 3.83. The second-order valence-electron chi connectivity index (χ2n) is 14.9. The van der Waals surface area contributed by atoms with Crippen molar-refractivity contribution in [2.24, 2.45) is 73.1 Å². The Bertz CT molecular complexity index is 1700. The van der Waals surface area contributed by atoms with Crippen LogP contribution in [0.25, 0.3) is 0 Å². The zero-order valence-electron chi connectivity index (χ0n) is 39.2. The van der Waals surface area contributed by atoms with Crippen LogP contribution >= 0.6 is 0 Å². The van der Waals surface area contributed by atoms with Crippen molar-refractivity contribution in [3.05, 3.63) is 29.8 Å². The maximum atomic E-state index is 11.8. The first-order valence-electron chi connectivity index (χ1n) is 21.5. The largest absolute Gasteiger partial charge is 0.481 e. The molecule has 30 nitrogen and oxygen atoms in total. The van der Waals surface area contributed by atoms with Gasteiger partial charge in [-0.3, -0.25) is 43.5 Å². The predicted octanol–water partition coefficient (Wildman–Crippen LogP) is -4.59. The van der Waals surface area contributed by atoms with Gasteiger partial charge in [-0.05, 0) is 102 Å². The SMILES string of the molecule is C[C@H](N)C(=O)O.NC(N)=NCCC[C@H](N)C(=O)O.NC(N)=NCCC[C@H](N)C(=O)O.NCCCC[C@H](N)C(=O)O.N[C@@H](CCC(=O)O)C(=O)O.N[C@@H](Cc1ccc(OC(=O)[C@@H]2CCCN2)cc1)C(=O)O. The van der Waals surface area contributed by atoms with E-state index in [1.807, 2.05) is 0 Å². The molecule has 402 valence electrons. The van der Waals surface area contributed by atoms with Gasteiger partial charge < -0.3 is 109 Å². The minimum absolute atomic E-state index is 0.0129. The standard InChI is InChI=1S/C14H18N2O4.2C6H14N4O2.C6H14N2O2.C5H9NO4.C3H7NO2/c15-11(13(17)18)8-9-3-5-10(6-4-9)20-14(19)12-2-1-7-16-12;2*7-4(5(11)12)2-1-3-10-6(8)9;7-4-2-1-3-5(8)6(9)10;6-3(5(9)10)1-2-4(7)8;1-2(4)3(5)6/h3-6,11-12,16H,1-2,7-8,15H2,(H,17,18);2*4H,1-3,7H2,(H,11,12)(H4,8,9,10);5H,1-4,7-8H2,(H,9,10);3H,1-2,6H2,(H,7,8)(H,9,10);2H,4H2,1H3,(H,5,6)/t11-,12-;2*4-;5-;3-;2-/m000000/s1. The monoisotopic (exact) mass is 1010 g/mol. The number of nitrogens with zero attached hydrogens (tertiary/aromatic N) is 2. The van der Waals surface area contributed by atoms with Crippen LogP contribution in [0.4, 0.5) is 0 Å². The Kier molecular flexibility index (Phi) is 42.2. The number of carbonyl (C=O) groups is 8. The van der Waals surface area contributed by atoms with Crippen LogP contribution in [0, 0.1) is 0 Å². The second kappa shape index (κ2) is 42.3. The summed E-state index contributed by atoms with van der Waals surface area (Å²) in [5, 5.41) is 61.0. The summed E-state index contributed by atoms with van der Waals surface area (Å²) in [5.41, 5.74) is 57.1. The molecule has 0 unspecified atom stereocenters. The number of unbranched alkanes of at least 4 members (excludes halogenated alkanes) is 1. The Morgan fingerprint density at radius 2 is 0.986 bits per heavy atom. The van der Waals surface area contributed by atoms with Gasteiger partial charge in [0.25, 0.3) is 0 Å². The zero-order chi connectivity index (χ0) is 54.9. The van der Waals surface area contributed by atoms with Crippen molar-refractivity contribution in [3.8, 4) is 5.75 Å². The van der Waals surface area contributed by atoms with Gasteiger partial charge in [-0.2, -0.15) is 0 Å². The fraction of sp³-hybridized carbons (Fsp3) is 0.600. The van der Waals surface area contributed by atoms with Crippen molar-refractivity contribution in [1.29, 1.82) is 0 Å². The van der Waals surface area contributed by atoms with Crippen molar-refractivity contribution in [2.45, 2.75) is 126 Å². The van der Waals surface area contributed by atoms with Gasteiger partial charge in [0.1, 0.15) is 48.0 Å². The van der Waals surface area contributed by atoms with E-state index in [1.165, 1.54) is 6.92 Å². The highest BCUT2D eigenvalue weighted by atomic mass is 16.5. The minimum Gasteiger partial charge on any atom is -0.481 e. The molecule has 0 spiro atoms. The molecule has 0 bridgehead atoms. The Balaban J connectivity index is -0.000000389. The van der Waals surface area contributed by atoms with E-state index in [1.54, 1.807) is 24.3 Å². The number of nitrogens with two attached hydrogens (primary N) is 11. The normalized spacial score (nSPS) is 14.5. The quantitative estimate of drug-likeness (QED) is 0.0144. The number of aliphatic carboxylic acids is 7. The molecular formula is C40H76N14O16. The summed E-state index contributed by atoms with van der Waals surface area (Å²) >= 11 is 0. The number of nitrogens with one attached hydrogen (secondary N) is 1. The lowest BCUT2D eigenvalue weighted by molar-refractivity contribution is -0.141. The van der Waals surface area contributed by atoms with Crippen molar-refractivity contribution >= 4 is 59.7 Å². The molecule has 0 aromatic heterocycles. The van der Waals surface area contributed by atoms with Crippen molar-refractivity contribution in [2.75, 3.05) is 26.2 Å². The summed E-state index contributed by atoms with van der Waals surface area (Å²) in [5.74, 6) is -6.93. The first-order chi connectivity index (χ1) is 32.5. The fourth-order valence-corrected chi connectivity index (χ4v) is 4.43. The minimum atomic E-state index is -1.17. The van der Waals surface area contributed by atoms with Gasteiger partial charge in [0.05, 0.1) is 0 Å². The van der Waals surface area contributed by atoms with Gasteiger partial charge in [0, 0.05) is 19.5 Å². The van der Waals surface area contributed by atoms with Crippen LogP contribution in [0.15, 0.2) is 34.3 Å². The Morgan fingerprint density at radius 1 is 0.600 bits per heavy atom. The summed E-state index contributed by atoms with van der Waals surface area (Å²) in [4.78, 5) is 89.8. The van der Waals surface area contributed by atoms with E-state index in [-0.39, 0.29) is 43.2 Å². The van der Waals surface area contributed by atoms with E-state index in [2.05, 4.69) is 15.3 Å². The first kappa shape index (κ1) is 69.8. The average molecular weight is 1010 g/mol. The number of ether oxygens (including phenoxy) is 1. The summed E-state index contributed by atoms with van der Waals surface area (Å²) in [6.07, 6.45) is 5.87. The number of hydrogen-bond donors (Lipinski definition) is 19. The fourth-order valence-electron chi connectivity index (χ4n) is 4.43. The first-order valence-corrected chi connectivity index (χ1v) is 21.5. The molecule has 2 rings (SSSR count). The lowest BCUT2D eigenvalue weighted by Crippen LogP contribution is -2.34. The third kappa shape index (κ3) is 45.0. The maximum Gasteiger partial charge on any atom is 0.328 e. The van der Waals surface area contributed by atoms with E-state index >= 15 is 0 Å². The molecule has 1 aromatic rings. The van der Waals surface area contributed by atoms with Crippen LogP contribution in [0.5, 0.6) is 5.75 Å². The number of benzene rings is 1. The van der Waals surface area contributed by atoms with Crippen LogP contribution in [0.2, 0.25) is 0 Å². The molecular weight excluding hydrogens is 933 g/mol. The van der Waals surface area contributed by atoms with Crippen LogP contribution in [0.3, 0.4) is 0 Å². The van der Waals surface area contributed by atoms with E-state index in [4.69, 9.17) is 104 Å². The molecule has 7 atom stereocenters. The molecule has 0 saturated carbocycles. The molecule has 0 radical (unpaired) electrons. The van der Waals surface area contributed by atoms with E-state index < -0.39 is 78.0 Å². The van der Waals surface area contributed by atoms with Gasteiger partial charge in [-0.15, -0.1) is 0 Å². The maximum absolute atomic E-state index is 11.8. The molecule has 1 aliphatic rings. The summed E-state index contributed by atoms with van der Waals surface area (Å²) in [6, 6.07) is 1.43. The molecule has 30 N–H and O–H groups in total. The predicted molar refractivity (Wildman–Crippen MR) is 256 cm³/mol. The smallest absolute Gasteiger partial charge is 0.328 e. The molecule has 1 aromatic carbocycles. The third-order valence-electron chi connectivity index (χ3n) is 8.49. The molecule has 0 amide bonds. The molecule has 0 aliphatic carbocycles. The number of aliphatic imine (C=N–C) groups is 2. The summed E-state index contributed by atoms with van der Waals surface area (Å²) in [7, 11) is 0. The van der Waals surface area contributed by atoms with E-state index in [9.17, 15) is 38.4 Å². The van der Waals surface area contributed by atoms with Crippen molar-refractivity contribution in [1.82, 2.24) is 5.32 Å². The molecule has 1 heterocycles. The number of carbonyl (C=O) groups excluding carboxylic acids is 1. The molecule has 30 heteroatoms. The Hall–Kier alpha value is -6.80.